The summed E-state index contributed by atoms with van der Waals surface area (Å²) >= 11 is 0. The van der Waals surface area contributed by atoms with Crippen molar-refractivity contribution in [3.8, 4) is 5.75 Å². The van der Waals surface area contributed by atoms with Gasteiger partial charge in [0.1, 0.15) is 11.8 Å². The summed E-state index contributed by atoms with van der Waals surface area (Å²) in [4.78, 5) is 28.2. The Balaban J connectivity index is 2.11. The lowest BCUT2D eigenvalue weighted by Crippen LogP contribution is -2.47. The Morgan fingerprint density at radius 3 is 2.55 bits per heavy atom. The van der Waals surface area contributed by atoms with E-state index >= 15 is 0 Å². The Labute approximate surface area is 186 Å². The number of anilines is 1. The fourth-order valence-corrected chi connectivity index (χ4v) is 3.83. The number of primary amides is 1. The molecule has 0 bridgehead atoms. The number of methoxy groups -OCH3 is 1. The van der Waals surface area contributed by atoms with Crippen molar-refractivity contribution in [1.29, 1.82) is 0 Å². The Kier molecular flexibility index (Phi) is 5.95. The van der Waals surface area contributed by atoms with Crippen molar-refractivity contribution in [3.63, 3.8) is 0 Å². The predicted molar refractivity (Wildman–Crippen MR) is 106 cm³/mol. The van der Waals surface area contributed by atoms with E-state index in [9.17, 15) is 31.5 Å². The van der Waals surface area contributed by atoms with Gasteiger partial charge in [-0.05, 0) is 25.1 Å². The molecule has 0 radical (unpaired) electrons. The molecular formula is C21H20F5N3O4. The normalized spacial score (nSPS) is 25.5. The van der Waals surface area contributed by atoms with Crippen molar-refractivity contribution in [2.75, 3.05) is 12.4 Å². The van der Waals surface area contributed by atoms with Crippen molar-refractivity contribution >= 4 is 17.5 Å². The number of carbonyl (C=O) groups excluding carboxylic acids is 2. The molecule has 2 heterocycles. The summed E-state index contributed by atoms with van der Waals surface area (Å²) in [5.74, 6) is -8.43. The molecular weight excluding hydrogens is 453 g/mol. The summed E-state index contributed by atoms with van der Waals surface area (Å²) in [6.07, 6.45) is -5.71. The number of nitrogens with two attached hydrogens (primary N) is 1. The van der Waals surface area contributed by atoms with Gasteiger partial charge in [-0.3, -0.25) is 14.6 Å². The lowest BCUT2D eigenvalue weighted by molar-refractivity contribution is -0.272. The van der Waals surface area contributed by atoms with E-state index in [1.165, 1.54) is 6.92 Å². The maximum absolute atomic E-state index is 14.4. The van der Waals surface area contributed by atoms with Crippen LogP contribution in [-0.2, 0) is 9.53 Å². The largest absolute Gasteiger partial charge is 0.493 e. The number of halogens is 5. The quantitative estimate of drug-likeness (QED) is 0.646. The summed E-state index contributed by atoms with van der Waals surface area (Å²) in [6.45, 7) is 1.91. The van der Waals surface area contributed by atoms with Gasteiger partial charge in [-0.15, -0.1) is 0 Å². The zero-order valence-electron chi connectivity index (χ0n) is 18.6. The highest BCUT2D eigenvalue weighted by molar-refractivity contribution is 5.97. The molecule has 1 aromatic carbocycles. The monoisotopic (exact) mass is 474 g/mol. The Morgan fingerprint density at radius 2 is 1.97 bits per heavy atom. The van der Waals surface area contributed by atoms with Crippen LogP contribution in [0.25, 0.3) is 0 Å². The third-order valence-corrected chi connectivity index (χ3v) is 5.76. The number of hydrogen-bond acceptors (Lipinski definition) is 5. The minimum atomic E-state index is -4.93. The molecule has 1 saturated heterocycles. The highest BCUT2D eigenvalue weighted by Crippen LogP contribution is 2.55. The molecule has 1 aliphatic rings. The molecule has 7 nitrogen and oxygen atoms in total. The molecule has 4 atom stereocenters. The van der Waals surface area contributed by atoms with Crippen LogP contribution >= 0.6 is 0 Å². The SMILES string of the molecule is [2H]c1c(NC(=O)[C@H]2O[C@@](C)(C(F)(F)F)[C@H](C)[C@H]2c2ccc(F)c(F)c2OC)ccnc1C(N)=O. The minimum absolute atomic E-state index is 0.208. The Hall–Kier alpha value is -3.28. The number of aromatic nitrogens is 1. The number of ether oxygens (including phenoxy) is 2. The molecule has 0 aliphatic carbocycles. The lowest BCUT2D eigenvalue weighted by Gasteiger charge is -2.32. The molecule has 2 amide bonds. The van der Waals surface area contributed by atoms with E-state index in [4.69, 9.17) is 16.6 Å². The fraction of sp³-hybridized carbons (Fsp3) is 0.381. The fourth-order valence-electron chi connectivity index (χ4n) is 3.83. The number of nitrogens with one attached hydrogen (secondary N) is 1. The number of benzene rings is 1. The van der Waals surface area contributed by atoms with Crippen molar-refractivity contribution in [1.82, 2.24) is 4.98 Å². The van der Waals surface area contributed by atoms with Crippen LogP contribution in [0.1, 0.15) is 37.2 Å². The van der Waals surface area contributed by atoms with E-state index in [0.717, 1.165) is 32.4 Å². The van der Waals surface area contributed by atoms with Gasteiger partial charge < -0.3 is 20.5 Å². The zero-order chi connectivity index (χ0) is 25.6. The predicted octanol–water partition coefficient (Wildman–Crippen LogP) is 3.55. The van der Waals surface area contributed by atoms with E-state index < -0.39 is 70.7 Å². The molecule has 2 aromatic rings. The van der Waals surface area contributed by atoms with Gasteiger partial charge in [-0.25, -0.2) is 4.39 Å². The van der Waals surface area contributed by atoms with Crippen LogP contribution in [0.15, 0.2) is 30.4 Å². The average molecular weight is 474 g/mol. The maximum Gasteiger partial charge on any atom is 0.417 e. The smallest absolute Gasteiger partial charge is 0.417 e. The van der Waals surface area contributed by atoms with E-state index in [1.807, 2.05) is 0 Å². The van der Waals surface area contributed by atoms with Crippen molar-refractivity contribution < 1.29 is 42.4 Å². The van der Waals surface area contributed by atoms with Gasteiger partial charge in [0.05, 0.1) is 8.48 Å². The topological polar surface area (TPSA) is 104 Å². The van der Waals surface area contributed by atoms with E-state index in [-0.39, 0.29) is 11.3 Å². The summed E-state index contributed by atoms with van der Waals surface area (Å²) in [7, 11) is 1.01. The molecule has 12 heteroatoms. The number of rotatable bonds is 5. The van der Waals surface area contributed by atoms with E-state index in [2.05, 4.69) is 10.3 Å². The van der Waals surface area contributed by atoms with Crippen molar-refractivity contribution in [3.05, 3.63) is 53.3 Å². The van der Waals surface area contributed by atoms with Gasteiger partial charge in [0.25, 0.3) is 11.8 Å². The first-order chi connectivity index (χ1) is 15.7. The lowest BCUT2D eigenvalue weighted by atomic mass is 9.77. The molecule has 178 valence electrons. The van der Waals surface area contributed by atoms with Crippen LogP contribution in [-0.4, -0.2) is 41.8 Å². The number of amides is 2. The minimum Gasteiger partial charge on any atom is -0.493 e. The summed E-state index contributed by atoms with van der Waals surface area (Å²) in [6, 6.07) is 2.32. The molecule has 33 heavy (non-hydrogen) atoms. The van der Waals surface area contributed by atoms with Gasteiger partial charge in [0.2, 0.25) is 5.82 Å². The molecule has 1 aliphatic heterocycles. The van der Waals surface area contributed by atoms with Gasteiger partial charge in [0.15, 0.2) is 17.2 Å². The number of carbonyl (C=O) groups is 2. The first kappa shape index (κ1) is 22.9. The highest BCUT2D eigenvalue weighted by atomic mass is 19.4. The molecule has 3 rings (SSSR count). The number of hydrogen-bond donors (Lipinski definition) is 2. The molecule has 1 fully saturated rings. The van der Waals surface area contributed by atoms with Crippen molar-refractivity contribution in [2.45, 2.75) is 37.6 Å². The second kappa shape index (κ2) is 8.58. The van der Waals surface area contributed by atoms with Crippen LogP contribution in [0.3, 0.4) is 0 Å². The Bertz CT molecular complexity index is 1150. The van der Waals surface area contributed by atoms with Gasteiger partial charge in [-0.2, -0.15) is 17.6 Å². The second-order valence-electron chi connectivity index (χ2n) is 7.63. The first-order valence-corrected chi connectivity index (χ1v) is 9.57. The maximum atomic E-state index is 14.4. The van der Waals surface area contributed by atoms with E-state index in [1.54, 1.807) is 0 Å². The van der Waals surface area contributed by atoms with Crippen LogP contribution in [0.4, 0.5) is 27.6 Å². The summed E-state index contributed by atoms with van der Waals surface area (Å²) < 4.78 is 88.2. The Morgan fingerprint density at radius 1 is 1.30 bits per heavy atom. The third-order valence-electron chi connectivity index (χ3n) is 5.76. The third kappa shape index (κ3) is 4.22. The van der Waals surface area contributed by atoms with Crippen LogP contribution in [0, 0.1) is 17.6 Å². The molecule has 0 saturated carbocycles. The average Bonchev–Trinajstić information content (AvgIpc) is 3.03. The standard InChI is InChI=1S/C21H20F5N3O4/c1-9-14(11-4-5-12(22)15(23)16(11)32-3)17(33-20(9,2)21(24,25)26)19(31)29-10-6-7-28-13(8-10)18(27)30/h4-9,14,17H,1-3H3,(H2,27,30)(H,28,29,31)/t9-,14+,17+,20-/m1/s1/i8D. The first-order valence-electron chi connectivity index (χ1n) is 10.1. The highest BCUT2D eigenvalue weighted by Gasteiger charge is 2.65. The van der Waals surface area contributed by atoms with Gasteiger partial charge in [0, 0.05) is 29.3 Å². The van der Waals surface area contributed by atoms with Crippen LogP contribution in [0.5, 0.6) is 5.75 Å². The summed E-state index contributed by atoms with van der Waals surface area (Å²) in [5.41, 5.74) is 1.35. The number of nitrogens with zero attached hydrogens (tertiary/aromatic N) is 1. The number of alkyl halides is 3. The van der Waals surface area contributed by atoms with Gasteiger partial charge in [-0.1, -0.05) is 13.0 Å². The summed E-state index contributed by atoms with van der Waals surface area (Å²) in [5, 5.41) is 2.25. The zero-order valence-corrected chi connectivity index (χ0v) is 17.6. The van der Waals surface area contributed by atoms with Crippen LogP contribution < -0.4 is 15.8 Å². The van der Waals surface area contributed by atoms with E-state index in [0.29, 0.717) is 6.07 Å². The molecule has 0 spiro atoms. The number of pyridine rings is 1. The van der Waals surface area contributed by atoms with Gasteiger partial charge >= 0.3 is 6.18 Å². The van der Waals surface area contributed by atoms with Crippen LogP contribution in [0.2, 0.25) is 0 Å². The molecule has 1 aromatic heterocycles. The molecule has 3 N–H and O–H groups in total. The second-order valence-corrected chi connectivity index (χ2v) is 7.63. The van der Waals surface area contributed by atoms with Crippen molar-refractivity contribution in [2.24, 2.45) is 11.7 Å². The molecule has 0 unspecified atom stereocenters.